The van der Waals surface area contributed by atoms with Gasteiger partial charge in [0.05, 0.1) is 11.4 Å². The molecule has 132 valence electrons. The zero-order valence-electron chi connectivity index (χ0n) is 14.2. The third-order valence-electron chi connectivity index (χ3n) is 4.30. The Hall–Kier alpha value is -2.32. The van der Waals surface area contributed by atoms with Crippen LogP contribution in [0.5, 0.6) is 0 Å². The molecule has 0 unspecified atom stereocenters. The van der Waals surface area contributed by atoms with Gasteiger partial charge in [-0.15, -0.1) is 0 Å². The topological polar surface area (TPSA) is 12.9 Å². The van der Waals surface area contributed by atoms with Gasteiger partial charge in [0.15, 0.2) is 0 Å². The highest BCUT2D eigenvalue weighted by atomic mass is 35.5. The highest BCUT2D eigenvalue weighted by Gasteiger charge is 2.12. The predicted molar refractivity (Wildman–Crippen MR) is 116 cm³/mol. The maximum Gasteiger partial charge on any atom is 0.0730 e. The van der Waals surface area contributed by atoms with Crippen molar-refractivity contribution in [2.45, 2.75) is 0 Å². The SMILES string of the molecule is Clc1ccc(-c2cc(-c3ccccc3Cl)nc(-c3ccccc3Cl)c2)cc1. The Kier molecular flexibility index (Phi) is 5.18. The van der Waals surface area contributed by atoms with E-state index in [2.05, 4.69) is 0 Å². The van der Waals surface area contributed by atoms with Crippen molar-refractivity contribution in [2.75, 3.05) is 0 Å². The zero-order valence-corrected chi connectivity index (χ0v) is 16.4. The second-order valence-corrected chi connectivity index (χ2v) is 7.34. The Morgan fingerprint density at radius 3 is 1.48 bits per heavy atom. The van der Waals surface area contributed by atoms with E-state index in [9.17, 15) is 0 Å². The van der Waals surface area contributed by atoms with Crippen LogP contribution in [0.3, 0.4) is 0 Å². The maximum absolute atomic E-state index is 6.42. The van der Waals surface area contributed by atoms with E-state index in [-0.39, 0.29) is 0 Å². The molecule has 27 heavy (non-hydrogen) atoms. The molecule has 0 amide bonds. The van der Waals surface area contributed by atoms with Crippen molar-refractivity contribution in [3.8, 4) is 33.6 Å². The number of benzene rings is 3. The summed E-state index contributed by atoms with van der Waals surface area (Å²) in [6.07, 6.45) is 0. The molecule has 1 heterocycles. The lowest BCUT2D eigenvalue weighted by molar-refractivity contribution is 1.32. The van der Waals surface area contributed by atoms with Crippen molar-refractivity contribution in [3.05, 3.63) is 100.0 Å². The molecule has 0 N–H and O–H groups in total. The summed E-state index contributed by atoms with van der Waals surface area (Å²) in [7, 11) is 0. The van der Waals surface area contributed by atoms with Gasteiger partial charge in [-0.25, -0.2) is 4.98 Å². The van der Waals surface area contributed by atoms with E-state index in [1.165, 1.54) is 0 Å². The molecule has 0 aliphatic carbocycles. The lowest BCUT2D eigenvalue weighted by Gasteiger charge is -2.12. The van der Waals surface area contributed by atoms with Gasteiger partial charge in [-0.1, -0.05) is 83.3 Å². The summed E-state index contributed by atoms with van der Waals surface area (Å²) in [5, 5.41) is 2.01. The number of hydrogen-bond donors (Lipinski definition) is 0. The van der Waals surface area contributed by atoms with Crippen LogP contribution in [-0.4, -0.2) is 4.98 Å². The minimum atomic E-state index is 0.656. The van der Waals surface area contributed by atoms with E-state index in [1.807, 2.05) is 84.9 Å². The first-order valence-corrected chi connectivity index (χ1v) is 9.53. The van der Waals surface area contributed by atoms with Crippen LogP contribution in [0.4, 0.5) is 0 Å². The zero-order chi connectivity index (χ0) is 18.8. The Bertz CT molecular complexity index is 1040. The first kappa shape index (κ1) is 18.1. The standard InChI is InChI=1S/C23H14Cl3N/c24-17-11-9-15(10-12-17)16-13-22(18-5-1-3-7-20(18)25)27-23(14-16)19-6-2-4-8-21(19)26/h1-14H. The highest BCUT2D eigenvalue weighted by molar-refractivity contribution is 6.33. The molecule has 0 aliphatic rings. The van der Waals surface area contributed by atoms with Crippen molar-refractivity contribution in [1.82, 2.24) is 4.98 Å². The molecule has 0 bridgehead atoms. The van der Waals surface area contributed by atoms with E-state index < -0.39 is 0 Å². The molecule has 4 rings (SSSR count). The Morgan fingerprint density at radius 1 is 0.519 bits per heavy atom. The van der Waals surface area contributed by atoms with Crippen molar-refractivity contribution < 1.29 is 0 Å². The summed E-state index contributed by atoms with van der Waals surface area (Å²) < 4.78 is 0. The van der Waals surface area contributed by atoms with E-state index in [0.717, 1.165) is 33.6 Å². The number of aromatic nitrogens is 1. The van der Waals surface area contributed by atoms with Crippen molar-refractivity contribution in [3.63, 3.8) is 0 Å². The Morgan fingerprint density at radius 2 is 1.00 bits per heavy atom. The fraction of sp³-hybridized carbons (Fsp3) is 0. The van der Waals surface area contributed by atoms with Gasteiger partial charge in [-0.05, 0) is 47.5 Å². The smallest absolute Gasteiger partial charge is 0.0730 e. The molecule has 0 aliphatic heterocycles. The van der Waals surface area contributed by atoms with E-state index in [1.54, 1.807) is 0 Å². The molecule has 1 aromatic heterocycles. The summed E-state index contributed by atoms with van der Waals surface area (Å²) in [6, 6.07) is 27.2. The van der Waals surface area contributed by atoms with E-state index >= 15 is 0 Å². The molecular weight excluding hydrogens is 397 g/mol. The summed E-state index contributed by atoms with van der Waals surface area (Å²) >= 11 is 18.9. The summed E-state index contributed by atoms with van der Waals surface area (Å²) in [4.78, 5) is 4.84. The van der Waals surface area contributed by atoms with Crippen molar-refractivity contribution in [1.29, 1.82) is 0 Å². The average Bonchev–Trinajstić information content (AvgIpc) is 2.69. The quantitative estimate of drug-likeness (QED) is 0.333. The monoisotopic (exact) mass is 409 g/mol. The largest absolute Gasteiger partial charge is 0.248 e. The molecule has 0 spiro atoms. The van der Waals surface area contributed by atoms with Gasteiger partial charge in [0, 0.05) is 26.2 Å². The van der Waals surface area contributed by atoms with Crippen LogP contribution in [0.1, 0.15) is 0 Å². The number of halogens is 3. The molecule has 0 atom stereocenters. The number of hydrogen-bond acceptors (Lipinski definition) is 1. The minimum Gasteiger partial charge on any atom is -0.248 e. The normalized spacial score (nSPS) is 10.8. The maximum atomic E-state index is 6.42. The first-order chi connectivity index (χ1) is 13.1. The molecule has 1 nitrogen and oxygen atoms in total. The van der Waals surface area contributed by atoms with Crippen LogP contribution in [0.2, 0.25) is 15.1 Å². The summed E-state index contributed by atoms with van der Waals surface area (Å²) in [5.41, 5.74) is 5.41. The second kappa shape index (κ2) is 7.74. The van der Waals surface area contributed by atoms with Crippen LogP contribution in [-0.2, 0) is 0 Å². The Balaban J connectivity index is 1.95. The molecule has 0 saturated heterocycles. The fourth-order valence-electron chi connectivity index (χ4n) is 2.95. The van der Waals surface area contributed by atoms with Crippen molar-refractivity contribution in [2.24, 2.45) is 0 Å². The lowest BCUT2D eigenvalue weighted by Crippen LogP contribution is -1.92. The third kappa shape index (κ3) is 3.86. The number of nitrogens with zero attached hydrogens (tertiary/aromatic N) is 1. The molecule has 3 aromatic carbocycles. The number of pyridine rings is 1. The van der Waals surface area contributed by atoms with Gasteiger partial charge in [-0.3, -0.25) is 0 Å². The Labute approximate surface area is 173 Å². The summed E-state index contributed by atoms with van der Waals surface area (Å²) in [5.74, 6) is 0. The molecule has 4 aromatic rings. The predicted octanol–water partition coefficient (Wildman–Crippen LogP) is 8.04. The van der Waals surface area contributed by atoms with Gasteiger partial charge >= 0.3 is 0 Å². The lowest BCUT2D eigenvalue weighted by atomic mass is 10.00. The highest BCUT2D eigenvalue weighted by Crippen LogP contribution is 2.35. The van der Waals surface area contributed by atoms with Gasteiger partial charge in [0.2, 0.25) is 0 Å². The molecule has 4 heteroatoms. The van der Waals surface area contributed by atoms with Gasteiger partial charge in [0.25, 0.3) is 0 Å². The molecule has 0 fully saturated rings. The van der Waals surface area contributed by atoms with E-state index in [4.69, 9.17) is 39.8 Å². The first-order valence-electron chi connectivity index (χ1n) is 8.39. The van der Waals surface area contributed by atoms with Crippen LogP contribution >= 0.6 is 34.8 Å². The molecule has 0 saturated carbocycles. The van der Waals surface area contributed by atoms with Gasteiger partial charge in [-0.2, -0.15) is 0 Å². The van der Waals surface area contributed by atoms with Crippen LogP contribution in [0.15, 0.2) is 84.9 Å². The van der Waals surface area contributed by atoms with Crippen LogP contribution in [0, 0.1) is 0 Å². The van der Waals surface area contributed by atoms with Crippen LogP contribution in [0.25, 0.3) is 33.6 Å². The summed E-state index contributed by atoms with van der Waals surface area (Å²) in [6.45, 7) is 0. The van der Waals surface area contributed by atoms with Gasteiger partial charge < -0.3 is 0 Å². The molecular formula is C23H14Cl3N. The van der Waals surface area contributed by atoms with Gasteiger partial charge in [0.1, 0.15) is 0 Å². The fourth-order valence-corrected chi connectivity index (χ4v) is 3.54. The van der Waals surface area contributed by atoms with Crippen molar-refractivity contribution >= 4 is 34.8 Å². The second-order valence-electron chi connectivity index (χ2n) is 6.09. The van der Waals surface area contributed by atoms with Crippen LogP contribution < -0.4 is 0 Å². The molecule has 0 radical (unpaired) electrons. The number of rotatable bonds is 3. The minimum absolute atomic E-state index is 0.656. The average molecular weight is 411 g/mol. The van der Waals surface area contributed by atoms with E-state index in [0.29, 0.717) is 15.1 Å². The third-order valence-corrected chi connectivity index (χ3v) is 5.21.